The molecule has 0 saturated heterocycles. The summed E-state index contributed by atoms with van der Waals surface area (Å²) in [5, 5.41) is 12.8. The molecule has 0 saturated carbocycles. The minimum atomic E-state index is -0.400. The fourth-order valence-corrected chi connectivity index (χ4v) is 2.91. The summed E-state index contributed by atoms with van der Waals surface area (Å²) in [5.41, 5.74) is 0.632. The van der Waals surface area contributed by atoms with Crippen molar-refractivity contribution >= 4 is 33.0 Å². The molecule has 0 radical (unpaired) electrons. The van der Waals surface area contributed by atoms with Gasteiger partial charge in [-0.2, -0.15) is 0 Å². The highest BCUT2D eigenvalue weighted by Crippen LogP contribution is 2.29. The highest BCUT2D eigenvalue weighted by Gasteiger charge is 2.14. The SMILES string of the molecule is Cc1c(OCc2sccc2Br)cccc1[N+](=O)[O-]. The summed E-state index contributed by atoms with van der Waals surface area (Å²) in [6.07, 6.45) is 0. The lowest BCUT2D eigenvalue weighted by atomic mass is 10.2. The number of nitrogens with zero attached hydrogens (tertiary/aromatic N) is 1. The quantitative estimate of drug-likeness (QED) is 0.621. The normalized spacial score (nSPS) is 10.3. The van der Waals surface area contributed by atoms with Gasteiger partial charge in [0.1, 0.15) is 12.4 Å². The molecule has 0 aliphatic rings. The predicted molar refractivity (Wildman–Crippen MR) is 74.2 cm³/mol. The number of hydrogen-bond acceptors (Lipinski definition) is 4. The second kappa shape index (κ2) is 5.49. The molecule has 1 heterocycles. The van der Waals surface area contributed by atoms with Crippen molar-refractivity contribution < 1.29 is 9.66 Å². The third kappa shape index (κ3) is 2.70. The largest absolute Gasteiger partial charge is 0.487 e. The van der Waals surface area contributed by atoms with E-state index < -0.39 is 4.92 Å². The van der Waals surface area contributed by atoms with Crippen LogP contribution in [0.3, 0.4) is 0 Å². The molecular formula is C12H10BrNO3S. The Hall–Kier alpha value is -1.40. The molecular weight excluding hydrogens is 318 g/mol. The van der Waals surface area contributed by atoms with E-state index in [1.54, 1.807) is 30.4 Å². The van der Waals surface area contributed by atoms with Crippen LogP contribution in [-0.2, 0) is 6.61 Å². The summed E-state index contributed by atoms with van der Waals surface area (Å²) < 4.78 is 6.62. The van der Waals surface area contributed by atoms with Crippen LogP contribution in [-0.4, -0.2) is 4.92 Å². The summed E-state index contributed by atoms with van der Waals surface area (Å²) in [7, 11) is 0. The highest BCUT2D eigenvalue weighted by atomic mass is 79.9. The molecule has 6 heteroatoms. The van der Waals surface area contributed by atoms with Crippen LogP contribution < -0.4 is 4.74 Å². The predicted octanol–water partition coefficient (Wildman–Crippen LogP) is 4.31. The highest BCUT2D eigenvalue weighted by molar-refractivity contribution is 9.10. The van der Waals surface area contributed by atoms with Crippen LogP contribution in [0.5, 0.6) is 5.75 Å². The molecule has 0 bridgehead atoms. The molecule has 0 spiro atoms. The number of benzene rings is 1. The lowest BCUT2D eigenvalue weighted by molar-refractivity contribution is -0.385. The van der Waals surface area contributed by atoms with E-state index in [0.717, 1.165) is 9.35 Å². The van der Waals surface area contributed by atoms with Crippen LogP contribution >= 0.6 is 27.3 Å². The third-order valence-corrected chi connectivity index (χ3v) is 4.40. The van der Waals surface area contributed by atoms with E-state index in [1.165, 1.54) is 6.07 Å². The maximum absolute atomic E-state index is 10.8. The van der Waals surface area contributed by atoms with Crippen molar-refractivity contribution in [1.29, 1.82) is 0 Å². The zero-order valence-corrected chi connectivity index (χ0v) is 12.0. The molecule has 1 aromatic heterocycles. The summed E-state index contributed by atoms with van der Waals surface area (Å²) in [6.45, 7) is 2.09. The van der Waals surface area contributed by atoms with Gasteiger partial charge >= 0.3 is 0 Å². The van der Waals surface area contributed by atoms with Crippen molar-refractivity contribution in [2.24, 2.45) is 0 Å². The van der Waals surface area contributed by atoms with Gasteiger partial charge in [0, 0.05) is 10.5 Å². The van der Waals surface area contributed by atoms with Crippen LogP contribution in [0.1, 0.15) is 10.4 Å². The Morgan fingerprint density at radius 2 is 2.22 bits per heavy atom. The summed E-state index contributed by atoms with van der Waals surface area (Å²) in [4.78, 5) is 11.5. The molecule has 1 aromatic carbocycles. The van der Waals surface area contributed by atoms with Crippen molar-refractivity contribution in [3.63, 3.8) is 0 Å². The van der Waals surface area contributed by atoms with E-state index in [2.05, 4.69) is 15.9 Å². The molecule has 94 valence electrons. The molecule has 0 fully saturated rings. The zero-order chi connectivity index (χ0) is 13.1. The van der Waals surface area contributed by atoms with Crippen molar-refractivity contribution in [1.82, 2.24) is 0 Å². The number of nitro groups is 1. The average molecular weight is 328 g/mol. The first-order valence-corrected chi connectivity index (χ1v) is 6.85. The van der Waals surface area contributed by atoms with Gasteiger partial charge in [-0.1, -0.05) is 6.07 Å². The maximum Gasteiger partial charge on any atom is 0.276 e. The van der Waals surface area contributed by atoms with Crippen molar-refractivity contribution in [3.8, 4) is 5.75 Å². The van der Waals surface area contributed by atoms with Crippen LogP contribution in [0.4, 0.5) is 5.69 Å². The summed E-state index contributed by atoms with van der Waals surface area (Å²) in [5.74, 6) is 0.546. The molecule has 0 aliphatic heterocycles. The number of hydrogen-bond donors (Lipinski definition) is 0. The van der Waals surface area contributed by atoms with Crippen LogP contribution in [0.25, 0.3) is 0 Å². The van der Waals surface area contributed by atoms with E-state index in [9.17, 15) is 10.1 Å². The zero-order valence-electron chi connectivity index (χ0n) is 9.55. The number of thiophene rings is 1. The monoisotopic (exact) mass is 327 g/mol. The van der Waals surface area contributed by atoms with Crippen molar-refractivity contribution in [2.75, 3.05) is 0 Å². The Balaban J connectivity index is 2.17. The van der Waals surface area contributed by atoms with E-state index in [1.807, 2.05) is 11.4 Å². The summed E-state index contributed by atoms with van der Waals surface area (Å²) >= 11 is 5.00. The second-order valence-corrected chi connectivity index (χ2v) is 5.49. The third-order valence-electron chi connectivity index (χ3n) is 2.50. The van der Waals surface area contributed by atoms with Gasteiger partial charge in [0.05, 0.1) is 15.4 Å². The smallest absolute Gasteiger partial charge is 0.276 e. The first kappa shape index (κ1) is 13.0. The Bertz CT molecular complexity index is 582. The van der Waals surface area contributed by atoms with Gasteiger partial charge in [-0.3, -0.25) is 10.1 Å². The van der Waals surface area contributed by atoms with Gasteiger partial charge in [-0.25, -0.2) is 0 Å². The van der Waals surface area contributed by atoms with Crippen molar-refractivity contribution in [3.05, 3.63) is 54.7 Å². The Labute approximate surface area is 116 Å². The van der Waals surface area contributed by atoms with Crippen LogP contribution in [0.2, 0.25) is 0 Å². The fourth-order valence-electron chi connectivity index (χ4n) is 1.53. The molecule has 0 N–H and O–H groups in total. The van der Waals surface area contributed by atoms with Crippen LogP contribution in [0, 0.1) is 17.0 Å². The Morgan fingerprint density at radius 1 is 1.44 bits per heavy atom. The minimum Gasteiger partial charge on any atom is -0.487 e. The molecule has 0 unspecified atom stereocenters. The molecule has 0 aliphatic carbocycles. The Kier molecular flexibility index (Phi) is 3.98. The molecule has 2 rings (SSSR count). The first-order chi connectivity index (χ1) is 8.59. The molecule has 4 nitrogen and oxygen atoms in total. The van der Waals surface area contributed by atoms with E-state index in [4.69, 9.17) is 4.74 Å². The number of ether oxygens (including phenoxy) is 1. The van der Waals surface area contributed by atoms with Crippen LogP contribution in [0.15, 0.2) is 34.1 Å². The number of rotatable bonds is 4. The van der Waals surface area contributed by atoms with Gasteiger partial charge in [0.15, 0.2) is 0 Å². The lowest BCUT2D eigenvalue weighted by Gasteiger charge is -2.08. The van der Waals surface area contributed by atoms with Gasteiger partial charge in [-0.05, 0) is 40.4 Å². The topological polar surface area (TPSA) is 52.4 Å². The van der Waals surface area contributed by atoms with Gasteiger partial charge in [0.2, 0.25) is 0 Å². The van der Waals surface area contributed by atoms with Gasteiger partial charge in [0.25, 0.3) is 5.69 Å². The van der Waals surface area contributed by atoms with Gasteiger partial charge in [-0.15, -0.1) is 11.3 Å². The number of halogens is 1. The summed E-state index contributed by atoms with van der Waals surface area (Å²) in [6, 6.07) is 6.79. The molecule has 18 heavy (non-hydrogen) atoms. The van der Waals surface area contributed by atoms with Gasteiger partial charge < -0.3 is 4.74 Å². The molecule has 0 amide bonds. The fraction of sp³-hybridized carbons (Fsp3) is 0.167. The van der Waals surface area contributed by atoms with Crippen molar-refractivity contribution in [2.45, 2.75) is 13.5 Å². The lowest BCUT2D eigenvalue weighted by Crippen LogP contribution is -1.98. The minimum absolute atomic E-state index is 0.0812. The molecule has 0 atom stereocenters. The second-order valence-electron chi connectivity index (χ2n) is 3.64. The first-order valence-electron chi connectivity index (χ1n) is 5.18. The average Bonchev–Trinajstić information content (AvgIpc) is 2.73. The Morgan fingerprint density at radius 3 is 2.83 bits per heavy atom. The van der Waals surface area contributed by atoms with E-state index in [-0.39, 0.29) is 5.69 Å². The number of nitro benzene ring substituents is 1. The van der Waals surface area contributed by atoms with E-state index in [0.29, 0.717) is 17.9 Å². The standard InChI is InChI=1S/C12H10BrNO3S/c1-8-10(14(15)16)3-2-4-11(8)17-7-12-9(13)5-6-18-12/h2-6H,7H2,1H3. The van der Waals surface area contributed by atoms with E-state index >= 15 is 0 Å². The maximum atomic E-state index is 10.8. The molecule has 2 aromatic rings.